The lowest BCUT2D eigenvalue weighted by molar-refractivity contribution is 0.0255. The molecule has 1 aliphatic rings. The van der Waals surface area contributed by atoms with Crippen LogP contribution in [0, 0.1) is 5.82 Å². The molecule has 0 radical (unpaired) electrons. The lowest BCUT2D eigenvalue weighted by atomic mass is 10.0. The molecule has 12 heteroatoms. The fourth-order valence-corrected chi connectivity index (χ4v) is 4.92. The van der Waals surface area contributed by atoms with Gasteiger partial charge < -0.3 is 31.7 Å². The fraction of sp³-hybridized carbons (Fsp3) is 0.194. The van der Waals surface area contributed by atoms with E-state index in [4.69, 9.17) is 16.2 Å². The number of hydrogen-bond acceptors (Lipinski definition) is 9. The second-order valence-electron chi connectivity index (χ2n) is 10.0. The van der Waals surface area contributed by atoms with Gasteiger partial charge in [0.1, 0.15) is 11.9 Å². The van der Waals surface area contributed by atoms with Crippen LogP contribution in [0.1, 0.15) is 37.6 Å². The average Bonchev–Trinajstić information content (AvgIpc) is 3.01. The Morgan fingerprint density at radius 3 is 2.56 bits per heavy atom. The number of carbonyl (C=O) groups excluding carboxylic acids is 3. The zero-order valence-corrected chi connectivity index (χ0v) is 23.3. The normalized spacial score (nSPS) is 16.3. The zero-order chi connectivity index (χ0) is 30.5. The molecule has 2 aromatic carbocycles. The summed E-state index contributed by atoms with van der Waals surface area (Å²) in [5.41, 5.74) is 14.2. The van der Waals surface area contributed by atoms with Gasteiger partial charge in [0.05, 0.1) is 41.1 Å². The van der Waals surface area contributed by atoms with Crippen LogP contribution in [0.3, 0.4) is 0 Å². The molecule has 220 valence electrons. The predicted molar refractivity (Wildman–Crippen MR) is 160 cm³/mol. The first kappa shape index (κ1) is 29.1. The van der Waals surface area contributed by atoms with Crippen molar-refractivity contribution in [2.75, 3.05) is 36.1 Å². The van der Waals surface area contributed by atoms with Crippen LogP contribution in [0.2, 0.25) is 0 Å². The van der Waals surface area contributed by atoms with Gasteiger partial charge in [-0.1, -0.05) is 18.2 Å². The third-order valence-corrected chi connectivity index (χ3v) is 6.99. The molecule has 2 aromatic heterocycles. The number of pyridine rings is 2. The van der Waals surface area contributed by atoms with Crippen LogP contribution in [-0.4, -0.2) is 60.0 Å². The molecule has 2 atom stereocenters. The summed E-state index contributed by atoms with van der Waals surface area (Å²) in [4.78, 5) is 48.6. The number of rotatable bonds is 7. The first-order valence-corrected chi connectivity index (χ1v) is 13.5. The van der Waals surface area contributed by atoms with Crippen molar-refractivity contribution < 1.29 is 23.5 Å². The van der Waals surface area contributed by atoms with Gasteiger partial charge in [-0.3, -0.25) is 14.6 Å². The van der Waals surface area contributed by atoms with Gasteiger partial charge >= 0.3 is 5.97 Å². The fourth-order valence-electron chi connectivity index (χ4n) is 4.92. The number of benzene rings is 2. The maximum absolute atomic E-state index is 14.7. The highest BCUT2D eigenvalue weighted by molar-refractivity contribution is 6.08. The summed E-state index contributed by atoms with van der Waals surface area (Å²) in [5.74, 6) is -2.10. The predicted octanol–water partition coefficient (Wildman–Crippen LogP) is 3.24. The molecule has 1 saturated heterocycles. The van der Waals surface area contributed by atoms with Crippen LogP contribution in [-0.2, 0) is 4.74 Å². The van der Waals surface area contributed by atoms with Gasteiger partial charge in [-0.2, -0.15) is 0 Å². The summed E-state index contributed by atoms with van der Waals surface area (Å²) in [6.45, 7) is 0.791. The number of nitrogens with zero attached hydrogens (tertiary/aromatic N) is 3. The number of anilines is 3. The Morgan fingerprint density at radius 2 is 1.79 bits per heavy atom. The van der Waals surface area contributed by atoms with Crippen molar-refractivity contribution >= 4 is 34.8 Å². The van der Waals surface area contributed by atoms with Crippen molar-refractivity contribution in [3.05, 3.63) is 102 Å². The largest absolute Gasteiger partial charge is 0.457 e. The molecule has 43 heavy (non-hydrogen) atoms. The minimum Gasteiger partial charge on any atom is -0.457 e. The minimum atomic E-state index is -0.648. The van der Waals surface area contributed by atoms with Gasteiger partial charge in [0.2, 0.25) is 0 Å². The van der Waals surface area contributed by atoms with E-state index < -0.39 is 29.7 Å². The molecule has 1 aliphatic heterocycles. The molecule has 0 bridgehead atoms. The van der Waals surface area contributed by atoms with E-state index in [2.05, 4.69) is 20.6 Å². The number of aromatic nitrogens is 2. The van der Waals surface area contributed by atoms with E-state index in [0.29, 0.717) is 36.4 Å². The van der Waals surface area contributed by atoms with Crippen molar-refractivity contribution in [2.24, 2.45) is 5.73 Å². The van der Waals surface area contributed by atoms with Gasteiger partial charge in [0, 0.05) is 43.4 Å². The molecular formula is C31H30FN7O4. The molecule has 11 nitrogen and oxygen atoms in total. The van der Waals surface area contributed by atoms with Crippen molar-refractivity contribution in [2.45, 2.75) is 18.6 Å². The number of nitrogens with two attached hydrogens (primary N) is 2. The molecule has 0 unspecified atom stereocenters. The number of ether oxygens (including phenoxy) is 1. The lowest BCUT2D eigenvalue weighted by Gasteiger charge is -2.38. The Hall–Kier alpha value is -5.36. The van der Waals surface area contributed by atoms with Gasteiger partial charge in [-0.15, -0.1) is 0 Å². The Kier molecular flexibility index (Phi) is 8.58. The molecule has 4 aromatic rings. The third kappa shape index (κ3) is 6.60. The SMILES string of the molecule is CNC(=O)c1ccc(F)c(-c2ccc(N)c(C(=O)Nc3cnccc3N3C[C@@H](N)C[C@H](OC(=O)c4ccccc4)C3)n2)c1. The standard InChI is InChI=1S/C31H30FN7O4/c1-35-29(40)19-7-8-23(32)22(13-19)25-10-9-24(34)28(37-25)30(41)38-26-15-36-12-11-27(26)39-16-20(33)14-21(17-39)43-31(42)18-5-3-2-4-6-18/h2-13,15,20-21H,14,16-17,33-34H2,1H3,(H,35,40)(H,38,41)/t20-,21-/m0/s1. The molecule has 6 N–H and O–H groups in total. The van der Waals surface area contributed by atoms with E-state index in [1.807, 2.05) is 11.0 Å². The quantitative estimate of drug-likeness (QED) is 0.239. The highest BCUT2D eigenvalue weighted by atomic mass is 19.1. The van der Waals surface area contributed by atoms with E-state index in [1.54, 1.807) is 36.5 Å². The Morgan fingerprint density at radius 1 is 1.00 bits per heavy atom. The first-order chi connectivity index (χ1) is 20.7. The lowest BCUT2D eigenvalue weighted by Crippen LogP contribution is -2.50. The number of nitrogen functional groups attached to an aromatic ring is 1. The first-order valence-electron chi connectivity index (χ1n) is 13.5. The Bertz CT molecular complexity index is 1670. The maximum Gasteiger partial charge on any atom is 0.338 e. The topological polar surface area (TPSA) is 166 Å². The van der Waals surface area contributed by atoms with Gasteiger partial charge in [0.15, 0.2) is 5.69 Å². The minimum absolute atomic E-state index is 0.0376. The second kappa shape index (κ2) is 12.7. The third-order valence-electron chi connectivity index (χ3n) is 6.99. The van der Waals surface area contributed by atoms with E-state index in [9.17, 15) is 18.8 Å². The number of esters is 1. The smallest absolute Gasteiger partial charge is 0.338 e. The molecule has 0 spiro atoms. The number of hydrogen-bond donors (Lipinski definition) is 4. The average molecular weight is 584 g/mol. The van der Waals surface area contributed by atoms with Gasteiger partial charge in [-0.05, 0) is 48.5 Å². The molecule has 0 aliphatic carbocycles. The highest BCUT2D eigenvalue weighted by Gasteiger charge is 2.30. The van der Waals surface area contributed by atoms with Crippen molar-refractivity contribution in [1.29, 1.82) is 0 Å². The maximum atomic E-state index is 14.7. The van der Waals surface area contributed by atoms with Crippen molar-refractivity contribution in [3.63, 3.8) is 0 Å². The molecule has 5 rings (SSSR count). The summed E-state index contributed by atoms with van der Waals surface area (Å²) in [6.07, 6.45) is 3.05. The van der Waals surface area contributed by atoms with Crippen LogP contribution in [0.4, 0.5) is 21.5 Å². The summed E-state index contributed by atoms with van der Waals surface area (Å²) in [7, 11) is 1.47. The van der Waals surface area contributed by atoms with E-state index in [-0.39, 0.29) is 34.2 Å². The molecule has 2 amide bonds. The van der Waals surface area contributed by atoms with E-state index in [0.717, 1.165) is 6.07 Å². The van der Waals surface area contributed by atoms with Crippen LogP contribution in [0.15, 0.2) is 79.1 Å². The summed E-state index contributed by atoms with van der Waals surface area (Å²) in [5, 5.41) is 5.29. The van der Waals surface area contributed by atoms with E-state index >= 15 is 0 Å². The van der Waals surface area contributed by atoms with Gasteiger partial charge in [0.25, 0.3) is 11.8 Å². The molecule has 0 saturated carbocycles. The Balaban J connectivity index is 1.37. The summed E-state index contributed by atoms with van der Waals surface area (Å²) < 4.78 is 20.5. The highest BCUT2D eigenvalue weighted by Crippen LogP contribution is 2.30. The second-order valence-corrected chi connectivity index (χ2v) is 10.0. The number of piperidine rings is 1. The Labute approximate surface area is 247 Å². The van der Waals surface area contributed by atoms with Crippen LogP contribution in [0.5, 0.6) is 0 Å². The molecule has 3 heterocycles. The number of carbonyl (C=O) groups is 3. The molecular weight excluding hydrogens is 553 g/mol. The monoisotopic (exact) mass is 583 g/mol. The number of nitrogens with one attached hydrogen (secondary N) is 2. The van der Waals surface area contributed by atoms with Crippen molar-refractivity contribution in [3.8, 4) is 11.3 Å². The van der Waals surface area contributed by atoms with Crippen molar-refractivity contribution in [1.82, 2.24) is 15.3 Å². The number of halogens is 1. The van der Waals surface area contributed by atoms with Crippen LogP contribution < -0.4 is 27.0 Å². The van der Waals surface area contributed by atoms with Gasteiger partial charge in [-0.25, -0.2) is 14.2 Å². The van der Waals surface area contributed by atoms with Crippen LogP contribution >= 0.6 is 0 Å². The summed E-state index contributed by atoms with van der Waals surface area (Å²) in [6, 6.07) is 16.9. The van der Waals surface area contributed by atoms with Crippen LogP contribution in [0.25, 0.3) is 11.3 Å². The number of amides is 2. The summed E-state index contributed by atoms with van der Waals surface area (Å²) >= 11 is 0. The zero-order valence-electron chi connectivity index (χ0n) is 23.3. The molecule has 1 fully saturated rings. The van der Waals surface area contributed by atoms with E-state index in [1.165, 1.54) is 37.5 Å².